The van der Waals surface area contributed by atoms with E-state index < -0.39 is 0 Å². The van der Waals surface area contributed by atoms with Gasteiger partial charge in [0, 0.05) is 19.0 Å². The number of likely N-dealkylation sites (tertiary alicyclic amines) is 1. The Labute approximate surface area is 140 Å². The Hall–Kier alpha value is -2.50. The molecule has 2 aliphatic rings. The molecule has 2 aromatic rings. The summed E-state index contributed by atoms with van der Waals surface area (Å²) in [6.45, 7) is 3.13. The minimum absolute atomic E-state index is 0.0000676. The van der Waals surface area contributed by atoms with Crippen molar-refractivity contribution in [2.24, 2.45) is 0 Å². The van der Waals surface area contributed by atoms with Gasteiger partial charge in [-0.3, -0.25) is 0 Å². The molecule has 2 atom stereocenters. The third kappa shape index (κ3) is 2.84. The average molecular weight is 327 g/mol. The summed E-state index contributed by atoms with van der Waals surface area (Å²) in [5.41, 5.74) is 2.04. The number of carbonyl (C=O) groups is 1. The third-order valence-corrected chi connectivity index (χ3v) is 4.68. The average Bonchev–Trinajstić information content (AvgIpc) is 3.30. The fraction of sp³-hybridized carbons (Fsp3) is 0.444. The molecule has 1 saturated heterocycles. The van der Waals surface area contributed by atoms with Crippen molar-refractivity contribution in [3.63, 3.8) is 0 Å². The van der Waals surface area contributed by atoms with Gasteiger partial charge in [0.1, 0.15) is 11.9 Å². The van der Waals surface area contributed by atoms with Crippen molar-refractivity contribution < 1.29 is 14.1 Å². The topological polar surface area (TPSA) is 67.6 Å². The molecule has 1 fully saturated rings. The van der Waals surface area contributed by atoms with Crippen LogP contribution in [0.3, 0.4) is 0 Å². The molecule has 1 aromatic heterocycles. The highest BCUT2D eigenvalue weighted by atomic mass is 16.5. The number of amides is 2. The lowest BCUT2D eigenvalue weighted by Gasteiger charge is -2.23. The van der Waals surface area contributed by atoms with E-state index in [0.717, 1.165) is 43.0 Å². The first-order valence-corrected chi connectivity index (χ1v) is 8.43. The van der Waals surface area contributed by atoms with Crippen molar-refractivity contribution in [2.75, 3.05) is 13.1 Å². The van der Waals surface area contributed by atoms with Gasteiger partial charge in [0.2, 0.25) is 0 Å². The molecular formula is C18H21N3O3. The Morgan fingerprint density at radius 3 is 3.08 bits per heavy atom. The maximum Gasteiger partial charge on any atom is 0.318 e. The number of aromatic nitrogens is 1. The first-order chi connectivity index (χ1) is 11.7. The monoisotopic (exact) mass is 327 g/mol. The summed E-state index contributed by atoms with van der Waals surface area (Å²) in [6.07, 6.45) is 2.72. The molecule has 1 aromatic carbocycles. The molecule has 0 radical (unpaired) electrons. The first kappa shape index (κ1) is 15.1. The number of ether oxygens (including phenoxy) is 1. The summed E-state index contributed by atoms with van der Waals surface area (Å²) >= 11 is 0. The van der Waals surface area contributed by atoms with Gasteiger partial charge in [-0.25, -0.2) is 4.79 Å². The van der Waals surface area contributed by atoms with Crippen LogP contribution in [-0.2, 0) is 6.42 Å². The molecule has 0 saturated carbocycles. The van der Waals surface area contributed by atoms with E-state index in [2.05, 4.69) is 16.5 Å². The summed E-state index contributed by atoms with van der Waals surface area (Å²) < 4.78 is 11.2. The Bertz CT molecular complexity index is 718. The molecule has 126 valence electrons. The van der Waals surface area contributed by atoms with Gasteiger partial charge >= 0.3 is 6.03 Å². The van der Waals surface area contributed by atoms with E-state index in [1.807, 2.05) is 36.1 Å². The lowest BCUT2D eigenvalue weighted by molar-refractivity contribution is 0.172. The summed E-state index contributed by atoms with van der Waals surface area (Å²) in [5, 5.41) is 6.94. The SMILES string of the molecule is Cc1cc([C@H]2CCCN2C(=O)NC[C@H]2Cc3ccccc3O2)on1. The largest absolute Gasteiger partial charge is 0.488 e. The number of hydrogen-bond donors (Lipinski definition) is 1. The van der Waals surface area contributed by atoms with Crippen LogP contribution < -0.4 is 10.1 Å². The molecule has 1 N–H and O–H groups in total. The van der Waals surface area contributed by atoms with E-state index >= 15 is 0 Å². The Morgan fingerprint density at radius 1 is 1.42 bits per heavy atom. The molecule has 6 heteroatoms. The van der Waals surface area contributed by atoms with Gasteiger partial charge in [0.15, 0.2) is 5.76 Å². The molecule has 0 unspecified atom stereocenters. The van der Waals surface area contributed by atoms with Crippen LogP contribution in [0.15, 0.2) is 34.9 Å². The van der Waals surface area contributed by atoms with Crippen LogP contribution in [0.2, 0.25) is 0 Å². The van der Waals surface area contributed by atoms with Crippen LogP contribution in [0.25, 0.3) is 0 Å². The minimum Gasteiger partial charge on any atom is -0.488 e. The standard InChI is InChI=1S/C18H21N3O3/c1-12-9-17(24-20-12)15-6-4-8-21(15)18(22)19-11-14-10-13-5-2-3-7-16(13)23-14/h2-3,5,7,9,14-15H,4,6,8,10-11H2,1H3,(H,19,22)/t14-,15-/m1/s1. The number of benzene rings is 1. The van der Waals surface area contributed by atoms with Crippen molar-refractivity contribution in [3.8, 4) is 5.75 Å². The van der Waals surface area contributed by atoms with Crippen molar-refractivity contribution >= 4 is 6.03 Å². The number of hydrogen-bond acceptors (Lipinski definition) is 4. The fourth-order valence-corrected chi connectivity index (χ4v) is 3.52. The molecule has 0 bridgehead atoms. The number of carbonyl (C=O) groups excluding carboxylic acids is 1. The Morgan fingerprint density at radius 2 is 2.29 bits per heavy atom. The third-order valence-electron chi connectivity index (χ3n) is 4.68. The summed E-state index contributed by atoms with van der Waals surface area (Å²) in [7, 11) is 0. The lowest BCUT2D eigenvalue weighted by atomic mass is 10.1. The van der Waals surface area contributed by atoms with E-state index in [1.165, 1.54) is 5.56 Å². The van der Waals surface area contributed by atoms with Gasteiger partial charge in [-0.2, -0.15) is 0 Å². The number of para-hydroxylation sites is 1. The molecule has 2 amide bonds. The molecule has 0 spiro atoms. The summed E-state index contributed by atoms with van der Waals surface area (Å²) in [6, 6.07) is 9.84. The van der Waals surface area contributed by atoms with Crippen LogP contribution in [0.4, 0.5) is 4.79 Å². The second-order valence-electron chi connectivity index (χ2n) is 6.46. The van der Waals surface area contributed by atoms with E-state index in [-0.39, 0.29) is 18.2 Å². The van der Waals surface area contributed by atoms with Gasteiger partial charge in [-0.1, -0.05) is 23.4 Å². The Kier molecular flexibility index (Phi) is 3.88. The van der Waals surface area contributed by atoms with Crippen LogP contribution in [0, 0.1) is 6.92 Å². The molecule has 3 heterocycles. The minimum atomic E-state index is -0.0638. The van der Waals surface area contributed by atoms with E-state index in [1.54, 1.807) is 0 Å². The van der Waals surface area contributed by atoms with Gasteiger partial charge < -0.3 is 19.5 Å². The molecule has 6 nitrogen and oxygen atoms in total. The zero-order valence-corrected chi connectivity index (χ0v) is 13.7. The van der Waals surface area contributed by atoms with E-state index in [9.17, 15) is 4.79 Å². The first-order valence-electron chi connectivity index (χ1n) is 8.43. The number of urea groups is 1. The molecular weight excluding hydrogens is 306 g/mol. The van der Waals surface area contributed by atoms with Crippen molar-refractivity contribution in [3.05, 3.63) is 47.3 Å². The van der Waals surface area contributed by atoms with Gasteiger partial charge in [0.25, 0.3) is 0 Å². The summed E-state index contributed by atoms with van der Waals surface area (Å²) in [4.78, 5) is 14.4. The Balaban J connectivity index is 1.35. The number of rotatable bonds is 3. The maximum atomic E-state index is 12.6. The molecule has 2 aliphatic heterocycles. The van der Waals surface area contributed by atoms with E-state index in [0.29, 0.717) is 6.54 Å². The highest BCUT2D eigenvalue weighted by Gasteiger charge is 2.33. The fourth-order valence-electron chi connectivity index (χ4n) is 3.52. The number of fused-ring (bicyclic) bond motifs is 1. The lowest BCUT2D eigenvalue weighted by Crippen LogP contribution is -2.43. The normalized spacial score (nSPS) is 22.3. The van der Waals surface area contributed by atoms with Crippen molar-refractivity contribution in [1.82, 2.24) is 15.4 Å². The number of aryl methyl sites for hydroxylation is 1. The van der Waals surface area contributed by atoms with Crippen LogP contribution in [-0.4, -0.2) is 35.3 Å². The van der Waals surface area contributed by atoms with Crippen LogP contribution >= 0.6 is 0 Å². The predicted octanol–water partition coefficient (Wildman–Crippen LogP) is 2.83. The summed E-state index contributed by atoms with van der Waals surface area (Å²) in [5.74, 6) is 1.69. The highest BCUT2D eigenvalue weighted by Crippen LogP contribution is 2.32. The smallest absolute Gasteiger partial charge is 0.318 e. The molecule has 24 heavy (non-hydrogen) atoms. The van der Waals surface area contributed by atoms with Gasteiger partial charge in [-0.15, -0.1) is 0 Å². The zero-order chi connectivity index (χ0) is 16.5. The quantitative estimate of drug-likeness (QED) is 0.941. The van der Waals surface area contributed by atoms with Gasteiger partial charge in [0.05, 0.1) is 18.3 Å². The maximum absolute atomic E-state index is 12.6. The van der Waals surface area contributed by atoms with Crippen LogP contribution in [0.5, 0.6) is 5.75 Å². The highest BCUT2D eigenvalue weighted by molar-refractivity contribution is 5.75. The predicted molar refractivity (Wildman–Crippen MR) is 87.9 cm³/mol. The second kappa shape index (κ2) is 6.19. The zero-order valence-electron chi connectivity index (χ0n) is 13.7. The molecule has 0 aliphatic carbocycles. The number of nitrogens with zero attached hydrogens (tertiary/aromatic N) is 2. The van der Waals surface area contributed by atoms with Crippen molar-refractivity contribution in [1.29, 1.82) is 0 Å². The molecule has 4 rings (SSSR count). The number of nitrogens with one attached hydrogen (secondary N) is 1. The van der Waals surface area contributed by atoms with E-state index in [4.69, 9.17) is 9.26 Å². The van der Waals surface area contributed by atoms with Gasteiger partial charge in [-0.05, 0) is 31.4 Å². The van der Waals surface area contributed by atoms with Crippen molar-refractivity contribution in [2.45, 2.75) is 38.3 Å². The van der Waals surface area contributed by atoms with Crippen LogP contribution in [0.1, 0.15) is 35.9 Å². The second-order valence-corrected chi connectivity index (χ2v) is 6.46.